The molecule has 2 fully saturated rings. The molecule has 0 unspecified atom stereocenters. The molecule has 2 aliphatic heterocycles. The SMILES string of the molecule is COC[C@@]1(O)CCCO[C@H]1C[C@@]1(COC)O[C@@H]1C. The summed E-state index contributed by atoms with van der Waals surface area (Å²) in [6.45, 7) is 3.55. The Hall–Kier alpha value is -0.200. The van der Waals surface area contributed by atoms with E-state index in [1.807, 2.05) is 6.92 Å². The Morgan fingerprint density at radius 1 is 1.28 bits per heavy atom. The van der Waals surface area contributed by atoms with Crippen LogP contribution in [0.2, 0.25) is 0 Å². The van der Waals surface area contributed by atoms with Gasteiger partial charge in [-0.25, -0.2) is 0 Å². The third-order valence-electron chi connectivity index (χ3n) is 4.08. The van der Waals surface area contributed by atoms with Gasteiger partial charge in [-0.2, -0.15) is 0 Å². The molecule has 5 heteroatoms. The lowest BCUT2D eigenvalue weighted by Gasteiger charge is -2.40. The van der Waals surface area contributed by atoms with Crippen LogP contribution in [-0.4, -0.2) is 62.6 Å². The van der Waals surface area contributed by atoms with Crippen LogP contribution in [0.5, 0.6) is 0 Å². The number of epoxide rings is 1. The minimum Gasteiger partial charge on any atom is -0.385 e. The number of methoxy groups -OCH3 is 2. The van der Waals surface area contributed by atoms with Crippen LogP contribution < -0.4 is 0 Å². The highest BCUT2D eigenvalue weighted by atomic mass is 16.6. The highest BCUT2D eigenvalue weighted by molar-refractivity contribution is 5.05. The predicted molar refractivity (Wildman–Crippen MR) is 65.6 cm³/mol. The number of ether oxygens (including phenoxy) is 4. The monoisotopic (exact) mass is 260 g/mol. The molecular formula is C13H24O5. The zero-order chi connectivity index (χ0) is 13.2. The first-order chi connectivity index (χ1) is 8.56. The van der Waals surface area contributed by atoms with Crippen molar-refractivity contribution in [2.24, 2.45) is 0 Å². The average molecular weight is 260 g/mol. The second-order valence-corrected chi connectivity index (χ2v) is 5.46. The zero-order valence-electron chi connectivity index (χ0n) is 11.5. The molecule has 0 saturated carbocycles. The molecule has 2 aliphatic rings. The molecule has 0 aromatic heterocycles. The van der Waals surface area contributed by atoms with Crippen LogP contribution in [0.15, 0.2) is 0 Å². The Balaban J connectivity index is 2.01. The van der Waals surface area contributed by atoms with Gasteiger partial charge in [0.15, 0.2) is 0 Å². The summed E-state index contributed by atoms with van der Waals surface area (Å²) >= 11 is 0. The summed E-state index contributed by atoms with van der Waals surface area (Å²) < 4.78 is 21.8. The van der Waals surface area contributed by atoms with Crippen molar-refractivity contribution in [3.05, 3.63) is 0 Å². The third kappa shape index (κ3) is 2.70. The summed E-state index contributed by atoms with van der Waals surface area (Å²) in [5, 5.41) is 10.6. The summed E-state index contributed by atoms with van der Waals surface area (Å²) in [6.07, 6.45) is 2.15. The first kappa shape index (κ1) is 14.2. The van der Waals surface area contributed by atoms with Crippen LogP contribution >= 0.6 is 0 Å². The van der Waals surface area contributed by atoms with Crippen molar-refractivity contribution in [1.29, 1.82) is 0 Å². The molecule has 1 N–H and O–H groups in total. The lowest BCUT2D eigenvalue weighted by Crippen LogP contribution is -2.53. The van der Waals surface area contributed by atoms with Crippen molar-refractivity contribution in [1.82, 2.24) is 0 Å². The molecule has 0 spiro atoms. The van der Waals surface area contributed by atoms with Crippen molar-refractivity contribution >= 4 is 0 Å². The molecule has 2 rings (SSSR count). The van der Waals surface area contributed by atoms with Gasteiger partial charge in [0.2, 0.25) is 0 Å². The minimum atomic E-state index is -0.903. The van der Waals surface area contributed by atoms with E-state index in [0.717, 1.165) is 6.42 Å². The Bertz CT molecular complexity index is 281. The highest BCUT2D eigenvalue weighted by Crippen LogP contribution is 2.44. The van der Waals surface area contributed by atoms with E-state index in [2.05, 4.69) is 0 Å². The van der Waals surface area contributed by atoms with Crippen LogP contribution in [0.3, 0.4) is 0 Å². The molecule has 106 valence electrons. The van der Waals surface area contributed by atoms with Gasteiger partial charge in [0.1, 0.15) is 11.2 Å². The van der Waals surface area contributed by atoms with Crippen molar-refractivity contribution in [2.75, 3.05) is 34.0 Å². The quantitative estimate of drug-likeness (QED) is 0.714. The van der Waals surface area contributed by atoms with Crippen LogP contribution in [0.1, 0.15) is 26.2 Å². The Morgan fingerprint density at radius 3 is 2.50 bits per heavy atom. The maximum absolute atomic E-state index is 10.6. The van der Waals surface area contributed by atoms with Gasteiger partial charge in [0.05, 0.1) is 25.4 Å². The van der Waals surface area contributed by atoms with E-state index in [1.165, 1.54) is 0 Å². The predicted octanol–water partition coefficient (Wildman–Crippen LogP) is 0.737. The van der Waals surface area contributed by atoms with E-state index in [9.17, 15) is 5.11 Å². The second-order valence-electron chi connectivity index (χ2n) is 5.46. The molecular weight excluding hydrogens is 236 g/mol. The first-order valence-electron chi connectivity index (χ1n) is 6.56. The number of hydrogen-bond donors (Lipinski definition) is 1. The normalized spacial score (nSPS) is 44.0. The standard InChI is InChI=1S/C13H24O5/c1-10-13(18-10,9-16-3)7-11-12(14,8-15-2)5-4-6-17-11/h10-11,14H,4-9H2,1-3H3/t10-,11+,12+,13+/m1/s1. The third-order valence-corrected chi connectivity index (χ3v) is 4.08. The Kier molecular flexibility index (Phi) is 4.29. The number of hydrogen-bond acceptors (Lipinski definition) is 5. The summed E-state index contributed by atoms with van der Waals surface area (Å²) in [6, 6.07) is 0. The molecule has 4 atom stereocenters. The van der Waals surface area contributed by atoms with E-state index in [4.69, 9.17) is 18.9 Å². The maximum Gasteiger partial charge on any atom is 0.120 e. The maximum atomic E-state index is 10.6. The van der Waals surface area contributed by atoms with E-state index in [1.54, 1.807) is 14.2 Å². The molecule has 0 aromatic carbocycles. The van der Waals surface area contributed by atoms with Crippen LogP contribution in [0.25, 0.3) is 0 Å². The lowest BCUT2D eigenvalue weighted by atomic mass is 9.83. The van der Waals surface area contributed by atoms with Gasteiger partial charge in [-0.3, -0.25) is 0 Å². The molecule has 2 saturated heterocycles. The van der Waals surface area contributed by atoms with Gasteiger partial charge in [-0.1, -0.05) is 0 Å². The number of aliphatic hydroxyl groups is 1. The molecule has 0 aliphatic carbocycles. The van der Waals surface area contributed by atoms with E-state index >= 15 is 0 Å². The fraction of sp³-hybridized carbons (Fsp3) is 1.00. The van der Waals surface area contributed by atoms with Crippen molar-refractivity contribution in [2.45, 2.75) is 49.6 Å². The Morgan fingerprint density at radius 2 is 1.94 bits per heavy atom. The summed E-state index contributed by atoms with van der Waals surface area (Å²) in [7, 11) is 3.27. The fourth-order valence-electron chi connectivity index (χ4n) is 2.88. The van der Waals surface area contributed by atoms with Gasteiger partial charge < -0.3 is 24.1 Å². The van der Waals surface area contributed by atoms with Crippen LogP contribution in [-0.2, 0) is 18.9 Å². The summed E-state index contributed by atoms with van der Waals surface area (Å²) in [5.41, 5.74) is -1.20. The summed E-state index contributed by atoms with van der Waals surface area (Å²) in [5.74, 6) is 0. The topological polar surface area (TPSA) is 60.5 Å². The van der Waals surface area contributed by atoms with Gasteiger partial charge in [-0.05, 0) is 19.8 Å². The molecule has 0 bridgehead atoms. The van der Waals surface area contributed by atoms with Crippen molar-refractivity contribution in [3.63, 3.8) is 0 Å². The van der Waals surface area contributed by atoms with Gasteiger partial charge in [0.25, 0.3) is 0 Å². The minimum absolute atomic E-state index is 0.162. The first-order valence-corrected chi connectivity index (χ1v) is 6.56. The molecule has 5 nitrogen and oxygen atoms in total. The average Bonchev–Trinajstić information content (AvgIpc) is 2.93. The second kappa shape index (κ2) is 5.43. The highest BCUT2D eigenvalue weighted by Gasteiger charge is 2.57. The van der Waals surface area contributed by atoms with Crippen molar-refractivity contribution < 1.29 is 24.1 Å². The van der Waals surface area contributed by atoms with Crippen LogP contribution in [0.4, 0.5) is 0 Å². The molecule has 0 aromatic rings. The number of rotatable bonds is 6. The Labute approximate surface area is 108 Å². The molecule has 0 radical (unpaired) electrons. The van der Waals surface area contributed by atoms with E-state index in [-0.39, 0.29) is 17.8 Å². The fourth-order valence-corrected chi connectivity index (χ4v) is 2.88. The zero-order valence-corrected chi connectivity index (χ0v) is 11.5. The van der Waals surface area contributed by atoms with Gasteiger partial charge >= 0.3 is 0 Å². The molecule has 0 amide bonds. The lowest BCUT2D eigenvalue weighted by molar-refractivity contribution is -0.176. The smallest absolute Gasteiger partial charge is 0.120 e. The van der Waals surface area contributed by atoms with E-state index < -0.39 is 5.60 Å². The molecule has 2 heterocycles. The summed E-state index contributed by atoms with van der Waals surface area (Å²) in [4.78, 5) is 0. The van der Waals surface area contributed by atoms with E-state index in [0.29, 0.717) is 32.7 Å². The molecule has 18 heavy (non-hydrogen) atoms. The van der Waals surface area contributed by atoms with Crippen molar-refractivity contribution in [3.8, 4) is 0 Å². The van der Waals surface area contributed by atoms with Gasteiger partial charge in [-0.15, -0.1) is 0 Å². The largest absolute Gasteiger partial charge is 0.385 e. The van der Waals surface area contributed by atoms with Gasteiger partial charge in [0, 0.05) is 27.2 Å². The van der Waals surface area contributed by atoms with Crippen LogP contribution in [0, 0.1) is 0 Å².